The summed E-state index contributed by atoms with van der Waals surface area (Å²) in [6.45, 7) is 1.14. The van der Waals surface area contributed by atoms with Gasteiger partial charge in [0.2, 0.25) is 0 Å². The second-order valence-electron chi connectivity index (χ2n) is 11.3. The third-order valence-corrected chi connectivity index (χ3v) is 7.73. The Bertz CT molecular complexity index is 1710. The zero-order chi connectivity index (χ0) is 33.7. The Morgan fingerprint density at radius 1 is 0.327 bits per heavy atom. The SMILES string of the molecule is NCCOB(c1ccc(Oc2ccccc2)cc1)c1ccc(Oc2ccc(B(OCCN)c3ccc(Oc4ccccc4)cc3)cc2)cc1. The number of hydrogen-bond acceptors (Lipinski definition) is 7. The Labute approximate surface area is 288 Å². The van der Waals surface area contributed by atoms with Crippen LogP contribution in [0.4, 0.5) is 0 Å². The second kappa shape index (κ2) is 17.2. The molecule has 0 aromatic heterocycles. The molecule has 0 saturated heterocycles. The van der Waals surface area contributed by atoms with Crippen LogP contribution < -0.4 is 47.5 Å². The van der Waals surface area contributed by atoms with Crippen LogP contribution in [-0.4, -0.2) is 40.1 Å². The first-order valence-corrected chi connectivity index (χ1v) is 16.4. The lowest BCUT2D eigenvalue weighted by Gasteiger charge is -2.17. The highest BCUT2D eigenvalue weighted by Gasteiger charge is 2.23. The summed E-state index contributed by atoms with van der Waals surface area (Å²) in [6, 6.07) is 51.1. The summed E-state index contributed by atoms with van der Waals surface area (Å²) in [5.74, 6) is 4.51. The lowest BCUT2D eigenvalue weighted by atomic mass is 9.55. The first-order valence-electron chi connectivity index (χ1n) is 16.4. The van der Waals surface area contributed by atoms with Gasteiger partial charge in [-0.25, -0.2) is 0 Å². The molecule has 0 atom stereocenters. The lowest BCUT2D eigenvalue weighted by Crippen LogP contribution is -2.45. The second-order valence-corrected chi connectivity index (χ2v) is 11.3. The summed E-state index contributed by atoms with van der Waals surface area (Å²) in [4.78, 5) is 0. The largest absolute Gasteiger partial charge is 0.457 e. The van der Waals surface area contributed by atoms with Gasteiger partial charge in [-0.1, -0.05) is 84.9 Å². The van der Waals surface area contributed by atoms with Crippen LogP contribution in [0.25, 0.3) is 0 Å². The van der Waals surface area contributed by atoms with Crippen molar-refractivity contribution in [1.82, 2.24) is 0 Å². The quantitative estimate of drug-likeness (QED) is 0.139. The topological polar surface area (TPSA) is 98.2 Å². The van der Waals surface area contributed by atoms with Gasteiger partial charge in [0.05, 0.1) is 0 Å². The average Bonchev–Trinajstić information content (AvgIpc) is 3.15. The van der Waals surface area contributed by atoms with E-state index in [0.717, 1.165) is 44.8 Å². The molecule has 0 spiro atoms. The number of para-hydroxylation sites is 2. The van der Waals surface area contributed by atoms with Gasteiger partial charge in [0.1, 0.15) is 34.5 Å². The molecule has 0 heterocycles. The first kappa shape index (κ1) is 33.6. The van der Waals surface area contributed by atoms with E-state index in [2.05, 4.69) is 0 Å². The molecule has 6 aromatic carbocycles. The minimum atomic E-state index is -0.285. The van der Waals surface area contributed by atoms with Crippen molar-refractivity contribution in [3.63, 3.8) is 0 Å². The highest BCUT2D eigenvalue weighted by molar-refractivity contribution is 6.80. The van der Waals surface area contributed by atoms with E-state index in [0.29, 0.717) is 37.8 Å². The third kappa shape index (κ3) is 9.41. The van der Waals surface area contributed by atoms with Gasteiger partial charge in [0.15, 0.2) is 0 Å². The molecule has 0 fully saturated rings. The lowest BCUT2D eigenvalue weighted by molar-refractivity contribution is 0.344. The molecule has 0 saturated carbocycles. The Hall–Kier alpha value is -5.31. The average molecular weight is 648 g/mol. The molecule has 0 aliphatic carbocycles. The number of benzene rings is 6. The van der Waals surface area contributed by atoms with Crippen molar-refractivity contribution in [1.29, 1.82) is 0 Å². The first-order chi connectivity index (χ1) is 24.2. The molecule has 9 heteroatoms. The van der Waals surface area contributed by atoms with Crippen LogP contribution in [0.1, 0.15) is 0 Å². The van der Waals surface area contributed by atoms with Gasteiger partial charge in [0, 0.05) is 26.3 Å². The fourth-order valence-corrected chi connectivity index (χ4v) is 5.37. The van der Waals surface area contributed by atoms with Crippen molar-refractivity contribution in [2.24, 2.45) is 11.5 Å². The highest BCUT2D eigenvalue weighted by atomic mass is 16.5. The minimum Gasteiger partial charge on any atom is -0.457 e. The molecule has 0 bridgehead atoms. The molecule has 0 radical (unpaired) electrons. The van der Waals surface area contributed by atoms with Gasteiger partial charge in [-0.2, -0.15) is 0 Å². The van der Waals surface area contributed by atoms with Gasteiger partial charge in [-0.3, -0.25) is 0 Å². The molecule has 49 heavy (non-hydrogen) atoms. The van der Waals surface area contributed by atoms with Crippen molar-refractivity contribution in [3.8, 4) is 34.5 Å². The Kier molecular flexibility index (Phi) is 11.8. The zero-order valence-corrected chi connectivity index (χ0v) is 27.2. The highest BCUT2D eigenvalue weighted by Crippen LogP contribution is 2.22. The molecule has 244 valence electrons. The van der Waals surface area contributed by atoms with Crippen molar-refractivity contribution >= 4 is 35.7 Å². The number of hydrogen-bond donors (Lipinski definition) is 2. The van der Waals surface area contributed by atoms with Crippen molar-refractivity contribution in [3.05, 3.63) is 158 Å². The van der Waals surface area contributed by atoms with E-state index < -0.39 is 0 Å². The Balaban J connectivity index is 1.11. The number of rotatable bonds is 16. The van der Waals surface area contributed by atoms with Gasteiger partial charge >= 0.3 is 13.8 Å². The Morgan fingerprint density at radius 2 is 0.571 bits per heavy atom. The van der Waals surface area contributed by atoms with E-state index in [-0.39, 0.29) is 13.8 Å². The van der Waals surface area contributed by atoms with Crippen molar-refractivity contribution in [2.45, 2.75) is 0 Å². The summed E-state index contributed by atoms with van der Waals surface area (Å²) in [5, 5.41) is 0. The molecule has 7 nitrogen and oxygen atoms in total. The predicted molar refractivity (Wildman–Crippen MR) is 199 cm³/mol. The number of nitrogens with two attached hydrogens (primary N) is 2. The fourth-order valence-electron chi connectivity index (χ4n) is 5.37. The zero-order valence-electron chi connectivity index (χ0n) is 27.2. The molecule has 6 rings (SSSR count). The van der Waals surface area contributed by atoms with Gasteiger partial charge in [-0.15, -0.1) is 0 Å². The number of ether oxygens (including phenoxy) is 3. The van der Waals surface area contributed by atoms with Crippen LogP contribution in [0, 0.1) is 0 Å². The summed E-state index contributed by atoms with van der Waals surface area (Å²) in [7, 11) is 0. The maximum Gasteiger partial charge on any atom is 0.361 e. The molecule has 4 N–H and O–H groups in total. The van der Waals surface area contributed by atoms with Gasteiger partial charge < -0.3 is 35.0 Å². The van der Waals surface area contributed by atoms with E-state index in [1.165, 1.54) is 0 Å². The minimum absolute atomic E-state index is 0.285. The predicted octanol–water partition coefficient (Wildman–Crippen LogP) is 5.23. The van der Waals surface area contributed by atoms with E-state index in [1.807, 2.05) is 158 Å². The van der Waals surface area contributed by atoms with E-state index in [9.17, 15) is 0 Å². The van der Waals surface area contributed by atoms with Crippen LogP contribution in [-0.2, 0) is 9.31 Å². The summed E-state index contributed by atoms with van der Waals surface area (Å²) in [5.41, 5.74) is 15.6. The van der Waals surface area contributed by atoms with E-state index >= 15 is 0 Å². The Morgan fingerprint density at radius 3 is 0.816 bits per heavy atom. The van der Waals surface area contributed by atoms with Crippen LogP contribution >= 0.6 is 0 Å². The normalized spacial score (nSPS) is 10.7. The molecule has 0 amide bonds. The molecule has 6 aromatic rings. The van der Waals surface area contributed by atoms with Crippen molar-refractivity contribution < 1.29 is 23.5 Å². The smallest absolute Gasteiger partial charge is 0.361 e. The standard InChI is InChI=1S/C40H38B2N2O5/c43-27-29-45-41(31-11-19-37(20-12-31)47-35-7-3-1-4-8-35)33-15-23-39(24-16-33)49-40-25-17-34(18-26-40)42(46-30-28-44)32-13-21-38(22-14-32)48-36-9-5-2-6-10-36/h1-26H,27-30,43-44H2. The van der Waals surface area contributed by atoms with Gasteiger partial charge in [0.25, 0.3) is 0 Å². The molecule has 0 aliphatic heterocycles. The fraction of sp³-hybridized carbons (Fsp3) is 0.100. The third-order valence-electron chi connectivity index (χ3n) is 7.73. The van der Waals surface area contributed by atoms with Gasteiger partial charge in [-0.05, 0) is 94.6 Å². The van der Waals surface area contributed by atoms with Crippen LogP contribution in [0.15, 0.2) is 158 Å². The molecule has 0 unspecified atom stereocenters. The molecular formula is C40H38B2N2O5. The summed E-state index contributed by atoms with van der Waals surface area (Å²) in [6.07, 6.45) is 0. The van der Waals surface area contributed by atoms with Crippen LogP contribution in [0.5, 0.6) is 34.5 Å². The summed E-state index contributed by atoms with van der Waals surface area (Å²) < 4.78 is 30.5. The van der Waals surface area contributed by atoms with E-state index in [1.54, 1.807) is 0 Å². The summed E-state index contributed by atoms with van der Waals surface area (Å²) >= 11 is 0. The van der Waals surface area contributed by atoms with Crippen molar-refractivity contribution in [2.75, 3.05) is 26.3 Å². The van der Waals surface area contributed by atoms with Crippen LogP contribution in [0.2, 0.25) is 0 Å². The van der Waals surface area contributed by atoms with Crippen LogP contribution in [0.3, 0.4) is 0 Å². The molecule has 0 aliphatic rings. The van der Waals surface area contributed by atoms with E-state index in [4.69, 9.17) is 35.0 Å². The monoisotopic (exact) mass is 648 g/mol. The maximum absolute atomic E-state index is 6.21. The molecular weight excluding hydrogens is 610 g/mol. The maximum atomic E-state index is 6.21.